The average molecular weight is 340 g/mol. The van der Waals surface area contributed by atoms with Crippen LogP contribution < -0.4 is 15.8 Å². The Morgan fingerprint density at radius 1 is 1.16 bits per heavy atom. The van der Waals surface area contributed by atoms with Crippen molar-refractivity contribution < 1.29 is 13.9 Å². The number of benzene rings is 2. The maximum Gasteiger partial charge on any atom is 0.419 e. The first-order valence-corrected chi connectivity index (χ1v) is 8.15. The zero-order valence-electron chi connectivity index (χ0n) is 14.0. The van der Waals surface area contributed by atoms with E-state index in [0.717, 1.165) is 16.8 Å². The van der Waals surface area contributed by atoms with Gasteiger partial charge in [-0.3, -0.25) is 9.36 Å². The van der Waals surface area contributed by atoms with Crippen LogP contribution in [0.5, 0.6) is 5.75 Å². The maximum absolute atomic E-state index is 12.0. The van der Waals surface area contributed by atoms with Crippen molar-refractivity contribution >= 4 is 17.0 Å². The fourth-order valence-corrected chi connectivity index (χ4v) is 2.66. The summed E-state index contributed by atoms with van der Waals surface area (Å²) in [5.74, 6) is 0.351. The van der Waals surface area contributed by atoms with E-state index >= 15 is 0 Å². The number of para-hydroxylation sites is 2. The number of carbonyl (C=O) groups is 1. The van der Waals surface area contributed by atoms with Crippen LogP contribution in [-0.4, -0.2) is 17.6 Å². The summed E-state index contributed by atoms with van der Waals surface area (Å²) < 4.78 is 11.8. The van der Waals surface area contributed by atoms with Gasteiger partial charge in [0.25, 0.3) is 0 Å². The lowest BCUT2D eigenvalue weighted by molar-refractivity contribution is -0.121. The number of hydrogen-bond acceptors (Lipinski definition) is 4. The van der Waals surface area contributed by atoms with E-state index in [9.17, 15) is 9.59 Å². The number of oxazole rings is 1. The Kier molecular flexibility index (Phi) is 5.18. The highest BCUT2D eigenvalue weighted by Crippen LogP contribution is 2.13. The predicted molar refractivity (Wildman–Crippen MR) is 94.5 cm³/mol. The first-order chi connectivity index (χ1) is 12.2. The van der Waals surface area contributed by atoms with E-state index in [0.29, 0.717) is 31.5 Å². The molecule has 1 N–H and O–H groups in total. The van der Waals surface area contributed by atoms with E-state index in [1.165, 1.54) is 0 Å². The van der Waals surface area contributed by atoms with Crippen LogP contribution in [0.3, 0.4) is 0 Å². The molecule has 6 nitrogen and oxygen atoms in total. The number of fused-ring (bicyclic) bond motifs is 1. The number of hydrogen-bond donors (Lipinski definition) is 1. The Hall–Kier alpha value is -3.02. The lowest BCUT2D eigenvalue weighted by Crippen LogP contribution is -2.23. The van der Waals surface area contributed by atoms with E-state index in [-0.39, 0.29) is 11.7 Å². The van der Waals surface area contributed by atoms with Gasteiger partial charge in [0.15, 0.2) is 5.58 Å². The topological polar surface area (TPSA) is 73.5 Å². The molecule has 1 aromatic heterocycles. The summed E-state index contributed by atoms with van der Waals surface area (Å²) >= 11 is 0. The van der Waals surface area contributed by atoms with Crippen molar-refractivity contribution in [3.8, 4) is 5.75 Å². The van der Waals surface area contributed by atoms with E-state index in [4.69, 9.17) is 9.15 Å². The Bertz CT molecular complexity index is 909. The molecule has 0 saturated carbocycles. The molecule has 3 rings (SSSR count). The number of aryl methyl sites for hydroxylation is 1. The number of methoxy groups -OCH3 is 1. The van der Waals surface area contributed by atoms with Gasteiger partial charge in [-0.25, -0.2) is 4.79 Å². The SMILES string of the molecule is COc1ccc(CNC(=O)CCCn2c(=O)oc3ccccc32)cc1. The Balaban J connectivity index is 1.49. The van der Waals surface area contributed by atoms with Crippen molar-refractivity contribution in [3.05, 3.63) is 64.6 Å². The van der Waals surface area contributed by atoms with Crippen molar-refractivity contribution in [2.75, 3.05) is 7.11 Å². The molecule has 6 heteroatoms. The summed E-state index contributed by atoms with van der Waals surface area (Å²) in [6.07, 6.45) is 0.917. The molecule has 1 heterocycles. The van der Waals surface area contributed by atoms with Gasteiger partial charge in [-0.1, -0.05) is 24.3 Å². The molecule has 130 valence electrons. The summed E-state index contributed by atoms with van der Waals surface area (Å²) in [6, 6.07) is 14.8. The van der Waals surface area contributed by atoms with Gasteiger partial charge in [-0.15, -0.1) is 0 Å². The molecule has 0 radical (unpaired) electrons. The van der Waals surface area contributed by atoms with Crippen LogP contribution >= 0.6 is 0 Å². The zero-order chi connectivity index (χ0) is 17.6. The molecule has 0 spiro atoms. The standard InChI is InChI=1S/C19H20N2O4/c1-24-15-10-8-14(9-11-15)13-20-18(22)7-4-12-21-16-5-2-3-6-17(16)25-19(21)23/h2-3,5-6,8-11H,4,7,12-13H2,1H3,(H,20,22). The van der Waals surface area contributed by atoms with Crippen LogP contribution in [0.4, 0.5) is 0 Å². The molecule has 0 atom stereocenters. The predicted octanol–water partition coefficient (Wildman–Crippen LogP) is 2.70. The summed E-state index contributed by atoms with van der Waals surface area (Å²) in [4.78, 5) is 23.8. The van der Waals surface area contributed by atoms with E-state index in [1.54, 1.807) is 17.7 Å². The molecular weight excluding hydrogens is 320 g/mol. The minimum absolute atomic E-state index is 0.0448. The van der Waals surface area contributed by atoms with Crippen LogP contribution in [-0.2, 0) is 17.9 Å². The Morgan fingerprint density at radius 3 is 2.68 bits per heavy atom. The third kappa shape index (κ3) is 4.09. The molecular formula is C19H20N2O4. The van der Waals surface area contributed by atoms with Gasteiger partial charge in [0, 0.05) is 19.5 Å². The van der Waals surface area contributed by atoms with Crippen LogP contribution in [0.2, 0.25) is 0 Å². The van der Waals surface area contributed by atoms with Crippen LogP contribution in [0.15, 0.2) is 57.7 Å². The fourth-order valence-electron chi connectivity index (χ4n) is 2.66. The van der Waals surface area contributed by atoms with Gasteiger partial charge >= 0.3 is 5.76 Å². The number of aromatic nitrogens is 1. The number of nitrogens with one attached hydrogen (secondary N) is 1. The van der Waals surface area contributed by atoms with Gasteiger partial charge in [-0.05, 0) is 36.2 Å². The third-order valence-corrected chi connectivity index (χ3v) is 4.01. The van der Waals surface area contributed by atoms with E-state index in [1.807, 2.05) is 42.5 Å². The minimum Gasteiger partial charge on any atom is -0.497 e. The third-order valence-electron chi connectivity index (χ3n) is 4.01. The molecule has 0 aliphatic rings. The lowest BCUT2D eigenvalue weighted by atomic mass is 10.2. The molecule has 0 aliphatic heterocycles. The zero-order valence-corrected chi connectivity index (χ0v) is 14.0. The summed E-state index contributed by atoms with van der Waals surface area (Å²) in [7, 11) is 1.62. The van der Waals surface area contributed by atoms with Gasteiger partial charge < -0.3 is 14.5 Å². The largest absolute Gasteiger partial charge is 0.497 e. The number of carbonyl (C=O) groups excluding carboxylic acids is 1. The van der Waals surface area contributed by atoms with Gasteiger partial charge in [0.2, 0.25) is 5.91 Å². The quantitative estimate of drug-likeness (QED) is 0.718. The average Bonchev–Trinajstić information content (AvgIpc) is 2.96. The smallest absolute Gasteiger partial charge is 0.419 e. The number of ether oxygens (including phenoxy) is 1. The van der Waals surface area contributed by atoms with Crippen molar-refractivity contribution in [3.63, 3.8) is 0 Å². The van der Waals surface area contributed by atoms with Crippen LogP contribution in [0, 0.1) is 0 Å². The van der Waals surface area contributed by atoms with Crippen LogP contribution in [0.25, 0.3) is 11.1 Å². The first kappa shape index (κ1) is 16.8. The van der Waals surface area contributed by atoms with Crippen molar-refractivity contribution in [1.82, 2.24) is 9.88 Å². The van der Waals surface area contributed by atoms with Gasteiger partial charge in [-0.2, -0.15) is 0 Å². The Morgan fingerprint density at radius 2 is 1.92 bits per heavy atom. The minimum atomic E-state index is -0.389. The van der Waals surface area contributed by atoms with E-state index in [2.05, 4.69) is 5.32 Å². The number of rotatable bonds is 7. The second-order valence-corrected chi connectivity index (χ2v) is 5.72. The lowest BCUT2D eigenvalue weighted by Gasteiger charge is -2.07. The number of nitrogens with zero attached hydrogens (tertiary/aromatic N) is 1. The van der Waals surface area contributed by atoms with Crippen LogP contribution in [0.1, 0.15) is 18.4 Å². The van der Waals surface area contributed by atoms with E-state index < -0.39 is 0 Å². The second-order valence-electron chi connectivity index (χ2n) is 5.72. The molecule has 25 heavy (non-hydrogen) atoms. The molecule has 0 saturated heterocycles. The molecule has 0 aliphatic carbocycles. The normalized spacial score (nSPS) is 10.8. The molecule has 0 bridgehead atoms. The maximum atomic E-state index is 12.0. The van der Waals surface area contributed by atoms with Gasteiger partial charge in [0.1, 0.15) is 5.75 Å². The molecule has 0 fully saturated rings. The highest BCUT2D eigenvalue weighted by atomic mass is 16.5. The van der Waals surface area contributed by atoms with Crippen molar-refractivity contribution in [2.45, 2.75) is 25.9 Å². The number of amides is 1. The Labute approximate surface area is 145 Å². The summed E-state index contributed by atoms with van der Waals surface area (Å²) in [6.45, 7) is 0.920. The van der Waals surface area contributed by atoms with Crippen molar-refractivity contribution in [2.24, 2.45) is 0 Å². The molecule has 1 amide bonds. The monoisotopic (exact) mass is 340 g/mol. The summed E-state index contributed by atoms with van der Waals surface area (Å²) in [5.41, 5.74) is 2.33. The fraction of sp³-hybridized carbons (Fsp3) is 0.263. The first-order valence-electron chi connectivity index (χ1n) is 8.15. The summed E-state index contributed by atoms with van der Waals surface area (Å²) in [5, 5.41) is 2.88. The van der Waals surface area contributed by atoms with Crippen molar-refractivity contribution in [1.29, 1.82) is 0 Å². The highest BCUT2D eigenvalue weighted by Gasteiger charge is 2.09. The highest BCUT2D eigenvalue weighted by molar-refractivity contribution is 5.76. The van der Waals surface area contributed by atoms with Gasteiger partial charge in [0.05, 0.1) is 12.6 Å². The second kappa shape index (κ2) is 7.70. The molecule has 2 aromatic carbocycles. The molecule has 3 aromatic rings. The molecule has 0 unspecified atom stereocenters.